The first kappa shape index (κ1) is 15.6. The van der Waals surface area contributed by atoms with Gasteiger partial charge in [-0.05, 0) is 12.1 Å². The highest BCUT2D eigenvalue weighted by Crippen LogP contribution is 2.31. The van der Waals surface area contributed by atoms with Crippen LogP contribution in [0.2, 0.25) is 0 Å². The van der Waals surface area contributed by atoms with Gasteiger partial charge in [0.1, 0.15) is 11.3 Å². The Balaban J connectivity index is 2.38. The number of carbonyl (C=O) groups is 2. The van der Waals surface area contributed by atoms with E-state index in [-0.39, 0.29) is 16.7 Å². The summed E-state index contributed by atoms with van der Waals surface area (Å²) in [7, 11) is 0. The van der Waals surface area contributed by atoms with Crippen LogP contribution in [0.25, 0.3) is 11.0 Å². The van der Waals surface area contributed by atoms with E-state index in [1.807, 2.05) is 5.32 Å². The van der Waals surface area contributed by atoms with E-state index in [2.05, 4.69) is 11.3 Å². The number of para-hydroxylation sites is 1. The Kier molecular flexibility index (Phi) is 4.22. The number of fused-ring (bicyclic) bond motifs is 1. The zero-order valence-electron chi connectivity index (χ0n) is 11.3. The molecule has 0 aliphatic carbocycles. The highest BCUT2D eigenvalue weighted by Gasteiger charge is 2.41. The van der Waals surface area contributed by atoms with Gasteiger partial charge in [0.05, 0.1) is 6.61 Å². The molecule has 2 amide bonds. The molecule has 0 atom stereocenters. The van der Waals surface area contributed by atoms with Crippen LogP contribution in [0.1, 0.15) is 10.6 Å². The number of nitrogens with two attached hydrogens (primary N) is 1. The summed E-state index contributed by atoms with van der Waals surface area (Å²) >= 11 is 0. The van der Waals surface area contributed by atoms with Gasteiger partial charge in [-0.25, -0.2) is 0 Å². The van der Waals surface area contributed by atoms with Crippen LogP contribution in [-0.4, -0.2) is 24.5 Å². The van der Waals surface area contributed by atoms with E-state index in [1.165, 1.54) is 12.1 Å². The van der Waals surface area contributed by atoms with Crippen molar-refractivity contribution < 1.29 is 27.5 Å². The van der Waals surface area contributed by atoms with Crippen LogP contribution in [0.15, 0.2) is 41.3 Å². The number of nitrogens with one attached hydrogen (secondary N) is 1. The van der Waals surface area contributed by atoms with Crippen molar-refractivity contribution in [2.45, 2.75) is 6.11 Å². The zero-order valence-corrected chi connectivity index (χ0v) is 11.3. The molecule has 0 aliphatic heterocycles. The van der Waals surface area contributed by atoms with E-state index in [9.17, 15) is 18.4 Å². The Morgan fingerprint density at radius 1 is 1.41 bits per heavy atom. The molecule has 0 saturated heterocycles. The van der Waals surface area contributed by atoms with E-state index in [4.69, 9.17) is 10.2 Å². The second-order valence-corrected chi connectivity index (χ2v) is 4.24. The molecule has 116 valence electrons. The van der Waals surface area contributed by atoms with Gasteiger partial charge in [-0.15, -0.1) is 6.58 Å². The third kappa shape index (κ3) is 2.96. The Morgan fingerprint density at radius 3 is 2.73 bits per heavy atom. The van der Waals surface area contributed by atoms with Crippen LogP contribution in [0.5, 0.6) is 0 Å². The van der Waals surface area contributed by atoms with Gasteiger partial charge in [0.15, 0.2) is 0 Å². The number of hydrogen-bond donors (Lipinski definition) is 2. The highest BCUT2D eigenvalue weighted by atomic mass is 19.3. The molecule has 0 aliphatic rings. The summed E-state index contributed by atoms with van der Waals surface area (Å²) in [6.45, 7) is 2.69. The number of ether oxygens (including phenoxy) is 1. The predicted octanol–water partition coefficient (Wildman–Crippen LogP) is 2.27. The summed E-state index contributed by atoms with van der Waals surface area (Å²) in [5, 5.41) is 2.19. The molecule has 0 unspecified atom stereocenters. The Labute approximate surface area is 123 Å². The van der Waals surface area contributed by atoms with E-state index in [1.54, 1.807) is 12.1 Å². The Hall–Kier alpha value is -2.74. The van der Waals surface area contributed by atoms with Crippen molar-refractivity contribution in [1.82, 2.24) is 0 Å². The SMILES string of the molecule is C=CCOC(F)(F)C(=O)Nc1c(C(N)=O)oc2ccccc12. The summed E-state index contributed by atoms with van der Waals surface area (Å²) in [5.41, 5.74) is 5.12. The van der Waals surface area contributed by atoms with Crippen LogP contribution >= 0.6 is 0 Å². The lowest BCUT2D eigenvalue weighted by Gasteiger charge is -2.15. The van der Waals surface area contributed by atoms with Gasteiger partial charge in [0, 0.05) is 5.39 Å². The molecule has 2 rings (SSSR count). The average Bonchev–Trinajstić information content (AvgIpc) is 2.84. The van der Waals surface area contributed by atoms with Crippen LogP contribution in [0, 0.1) is 0 Å². The third-order valence-corrected chi connectivity index (χ3v) is 2.70. The molecule has 0 spiro atoms. The number of anilines is 1. The topological polar surface area (TPSA) is 94.6 Å². The number of hydrogen-bond acceptors (Lipinski definition) is 4. The number of rotatable bonds is 6. The van der Waals surface area contributed by atoms with Crippen molar-refractivity contribution in [3.63, 3.8) is 0 Å². The minimum atomic E-state index is -4.10. The van der Waals surface area contributed by atoms with E-state index < -0.39 is 30.3 Å². The van der Waals surface area contributed by atoms with Gasteiger partial charge in [-0.1, -0.05) is 18.2 Å². The molecule has 0 saturated carbocycles. The number of furan rings is 1. The van der Waals surface area contributed by atoms with Crippen molar-refractivity contribution >= 4 is 28.5 Å². The fourth-order valence-corrected chi connectivity index (χ4v) is 1.76. The lowest BCUT2D eigenvalue weighted by atomic mass is 10.2. The van der Waals surface area contributed by atoms with Crippen LogP contribution in [0.3, 0.4) is 0 Å². The van der Waals surface area contributed by atoms with E-state index in [0.717, 1.165) is 6.08 Å². The average molecular weight is 310 g/mol. The molecule has 6 nitrogen and oxygen atoms in total. The standard InChI is InChI=1S/C14H12F2N2O4/c1-2-7-21-14(15,16)13(20)18-10-8-5-3-4-6-9(8)22-11(10)12(17)19/h2-6H,1,7H2,(H2,17,19)(H,18,20). The largest absolute Gasteiger partial charge is 0.449 e. The minimum Gasteiger partial charge on any atom is -0.449 e. The monoisotopic (exact) mass is 310 g/mol. The number of carbonyl (C=O) groups excluding carboxylic acids is 2. The molecule has 2 aromatic rings. The second-order valence-electron chi connectivity index (χ2n) is 4.24. The molecule has 8 heteroatoms. The summed E-state index contributed by atoms with van der Waals surface area (Å²) in [6.07, 6.45) is -3.02. The summed E-state index contributed by atoms with van der Waals surface area (Å²) in [5.74, 6) is -3.17. The quantitative estimate of drug-likeness (QED) is 0.800. The molecule has 0 radical (unpaired) electrons. The van der Waals surface area contributed by atoms with Crippen molar-refractivity contribution in [2.75, 3.05) is 11.9 Å². The molecule has 22 heavy (non-hydrogen) atoms. The van der Waals surface area contributed by atoms with Gasteiger partial charge < -0.3 is 20.2 Å². The normalized spacial score (nSPS) is 11.4. The minimum absolute atomic E-state index is 0.224. The molecule has 3 N–H and O–H groups in total. The van der Waals surface area contributed by atoms with Gasteiger partial charge in [0.2, 0.25) is 5.76 Å². The summed E-state index contributed by atoms with van der Waals surface area (Å²) in [6, 6.07) is 6.20. The highest BCUT2D eigenvalue weighted by molar-refractivity contribution is 6.11. The van der Waals surface area contributed by atoms with Gasteiger partial charge in [-0.2, -0.15) is 8.78 Å². The van der Waals surface area contributed by atoms with Crippen molar-refractivity contribution in [1.29, 1.82) is 0 Å². The van der Waals surface area contributed by atoms with Crippen molar-refractivity contribution in [3.05, 3.63) is 42.7 Å². The molecular weight excluding hydrogens is 298 g/mol. The zero-order chi connectivity index (χ0) is 16.3. The lowest BCUT2D eigenvalue weighted by Crippen LogP contribution is -2.37. The fraction of sp³-hybridized carbons (Fsp3) is 0.143. The van der Waals surface area contributed by atoms with E-state index in [0.29, 0.717) is 0 Å². The number of halogens is 2. The molecule has 1 aromatic carbocycles. The summed E-state index contributed by atoms with van der Waals surface area (Å²) in [4.78, 5) is 23.0. The van der Waals surface area contributed by atoms with Crippen molar-refractivity contribution in [3.8, 4) is 0 Å². The van der Waals surface area contributed by atoms with Crippen LogP contribution < -0.4 is 11.1 Å². The van der Waals surface area contributed by atoms with Gasteiger partial charge in [0.25, 0.3) is 5.91 Å². The molecule has 1 heterocycles. The maximum absolute atomic E-state index is 13.5. The first-order chi connectivity index (χ1) is 10.4. The molecule has 0 fully saturated rings. The second kappa shape index (κ2) is 5.94. The Bertz CT molecular complexity index is 740. The third-order valence-electron chi connectivity index (χ3n) is 2.70. The first-order valence-corrected chi connectivity index (χ1v) is 6.12. The van der Waals surface area contributed by atoms with Crippen molar-refractivity contribution in [2.24, 2.45) is 5.73 Å². The summed E-state index contributed by atoms with van der Waals surface area (Å²) < 4.78 is 36.3. The maximum Gasteiger partial charge on any atom is 0.437 e. The molecule has 0 bridgehead atoms. The van der Waals surface area contributed by atoms with Gasteiger partial charge in [-0.3, -0.25) is 9.59 Å². The fourth-order valence-electron chi connectivity index (χ4n) is 1.76. The number of amides is 2. The Morgan fingerprint density at radius 2 is 2.09 bits per heavy atom. The number of primary amides is 1. The lowest BCUT2D eigenvalue weighted by molar-refractivity contribution is -0.221. The number of benzene rings is 1. The van der Waals surface area contributed by atoms with Crippen LogP contribution in [-0.2, 0) is 9.53 Å². The first-order valence-electron chi connectivity index (χ1n) is 6.12. The molecular formula is C14H12F2N2O4. The van der Waals surface area contributed by atoms with Gasteiger partial charge >= 0.3 is 12.0 Å². The molecule has 1 aromatic heterocycles. The smallest absolute Gasteiger partial charge is 0.437 e. The number of alkyl halides is 2. The maximum atomic E-state index is 13.5. The predicted molar refractivity (Wildman–Crippen MR) is 74.5 cm³/mol. The van der Waals surface area contributed by atoms with E-state index >= 15 is 0 Å². The van der Waals surface area contributed by atoms with Crippen LogP contribution in [0.4, 0.5) is 14.5 Å².